The molecule has 1 aromatic carbocycles. The van der Waals surface area contributed by atoms with Crippen LogP contribution < -0.4 is 5.32 Å². The second-order valence-corrected chi connectivity index (χ2v) is 6.22. The summed E-state index contributed by atoms with van der Waals surface area (Å²) in [4.78, 5) is 1.32. The number of halogens is 1. The molecule has 0 fully saturated rings. The van der Waals surface area contributed by atoms with Gasteiger partial charge in [0, 0.05) is 15.6 Å². The van der Waals surface area contributed by atoms with Crippen LogP contribution in [0.5, 0.6) is 0 Å². The largest absolute Gasteiger partial charge is 0.360 e. The molecule has 2 heterocycles. The second-order valence-electron chi connectivity index (χ2n) is 4.89. The molecule has 0 aliphatic heterocycles. The van der Waals surface area contributed by atoms with E-state index in [9.17, 15) is 0 Å². The molecule has 2 aromatic heterocycles. The number of anilines is 1. The third-order valence-electron chi connectivity index (χ3n) is 3.42. The van der Waals surface area contributed by atoms with Crippen LogP contribution in [0.4, 0.5) is 5.82 Å². The van der Waals surface area contributed by atoms with E-state index < -0.39 is 0 Å². The van der Waals surface area contributed by atoms with Gasteiger partial charge in [0.05, 0.1) is 6.04 Å². The molecular weight excluding hydrogens is 302 g/mol. The average molecular weight is 318 g/mol. The summed E-state index contributed by atoms with van der Waals surface area (Å²) in [6.45, 7) is 2.19. The molecule has 0 spiro atoms. The molecule has 5 heteroatoms. The monoisotopic (exact) mass is 317 g/mol. The van der Waals surface area contributed by atoms with Gasteiger partial charge in [-0.05, 0) is 17.9 Å². The summed E-state index contributed by atoms with van der Waals surface area (Å²) in [5, 5.41) is 16.3. The van der Waals surface area contributed by atoms with Gasteiger partial charge in [0.25, 0.3) is 0 Å². The highest BCUT2D eigenvalue weighted by Crippen LogP contribution is 2.31. The predicted octanol–water partition coefficient (Wildman–Crippen LogP) is 5.30. The molecule has 0 aliphatic carbocycles. The van der Waals surface area contributed by atoms with Gasteiger partial charge in [-0.1, -0.05) is 55.3 Å². The van der Waals surface area contributed by atoms with Crippen molar-refractivity contribution >= 4 is 39.5 Å². The molecule has 0 radical (unpaired) electrons. The van der Waals surface area contributed by atoms with Crippen LogP contribution in [0.2, 0.25) is 5.15 Å². The minimum Gasteiger partial charge on any atom is -0.360 e. The number of rotatable bonds is 5. The van der Waals surface area contributed by atoms with Gasteiger partial charge in [0.15, 0.2) is 11.0 Å². The smallest absolute Gasteiger partial charge is 0.159 e. The van der Waals surface area contributed by atoms with Crippen molar-refractivity contribution in [3.05, 3.63) is 51.8 Å². The van der Waals surface area contributed by atoms with Gasteiger partial charge in [-0.2, -0.15) is 0 Å². The normalized spacial score (nSPS) is 12.5. The highest BCUT2D eigenvalue weighted by molar-refractivity contribution is 7.10. The molecule has 0 saturated carbocycles. The summed E-state index contributed by atoms with van der Waals surface area (Å²) in [7, 11) is 0. The van der Waals surface area contributed by atoms with Crippen molar-refractivity contribution < 1.29 is 0 Å². The standard InChI is InChI=1S/C16H16ClN3S/c1-2-6-13(14-9-5-10-21-14)18-16-12-8-4-3-7-11(12)15(17)19-20-16/h3-5,7-10,13H,2,6H2,1H3,(H,18,20). The van der Waals surface area contributed by atoms with Gasteiger partial charge in [0.2, 0.25) is 0 Å². The second kappa shape index (κ2) is 6.41. The zero-order chi connectivity index (χ0) is 14.7. The first-order valence-corrected chi connectivity index (χ1v) is 8.26. The predicted molar refractivity (Wildman–Crippen MR) is 90.1 cm³/mol. The molecule has 0 amide bonds. The third kappa shape index (κ3) is 3.01. The highest BCUT2D eigenvalue weighted by Gasteiger charge is 2.15. The van der Waals surface area contributed by atoms with E-state index in [1.54, 1.807) is 11.3 Å². The van der Waals surface area contributed by atoms with E-state index in [1.165, 1.54) is 4.88 Å². The van der Waals surface area contributed by atoms with Gasteiger partial charge < -0.3 is 5.32 Å². The average Bonchev–Trinajstić information content (AvgIpc) is 3.04. The molecule has 21 heavy (non-hydrogen) atoms. The Morgan fingerprint density at radius 2 is 1.95 bits per heavy atom. The van der Waals surface area contributed by atoms with Crippen molar-refractivity contribution in [2.45, 2.75) is 25.8 Å². The summed E-state index contributed by atoms with van der Waals surface area (Å²) < 4.78 is 0. The van der Waals surface area contributed by atoms with Crippen LogP contribution in [0.25, 0.3) is 10.8 Å². The van der Waals surface area contributed by atoms with Crippen molar-refractivity contribution in [3.8, 4) is 0 Å². The number of hydrogen-bond acceptors (Lipinski definition) is 4. The Balaban J connectivity index is 1.98. The molecule has 0 saturated heterocycles. The lowest BCUT2D eigenvalue weighted by Crippen LogP contribution is -2.11. The molecule has 1 unspecified atom stereocenters. The summed E-state index contributed by atoms with van der Waals surface area (Å²) in [5.41, 5.74) is 0. The maximum absolute atomic E-state index is 6.13. The van der Waals surface area contributed by atoms with E-state index in [1.807, 2.05) is 24.3 Å². The lowest BCUT2D eigenvalue weighted by molar-refractivity contribution is 0.683. The molecule has 0 aliphatic rings. The summed E-state index contributed by atoms with van der Waals surface area (Å²) in [5.74, 6) is 0.793. The molecule has 1 N–H and O–H groups in total. The molecule has 1 atom stereocenters. The van der Waals surface area contributed by atoms with Gasteiger partial charge in [0.1, 0.15) is 0 Å². The van der Waals surface area contributed by atoms with Crippen LogP contribution in [0, 0.1) is 0 Å². The Labute approximate surface area is 133 Å². The third-order valence-corrected chi connectivity index (χ3v) is 4.68. The number of benzene rings is 1. The van der Waals surface area contributed by atoms with E-state index in [4.69, 9.17) is 11.6 Å². The fourth-order valence-corrected chi connectivity index (χ4v) is 3.42. The minimum atomic E-state index is 0.258. The highest BCUT2D eigenvalue weighted by atomic mass is 35.5. The minimum absolute atomic E-state index is 0.258. The van der Waals surface area contributed by atoms with Crippen LogP contribution in [0.15, 0.2) is 41.8 Å². The summed E-state index contributed by atoms with van der Waals surface area (Å²) in [6, 6.07) is 12.4. The van der Waals surface area contributed by atoms with E-state index in [0.29, 0.717) is 5.15 Å². The van der Waals surface area contributed by atoms with Crippen LogP contribution in [-0.2, 0) is 0 Å². The Morgan fingerprint density at radius 1 is 1.14 bits per heavy atom. The number of nitrogens with zero attached hydrogens (tertiary/aromatic N) is 2. The Morgan fingerprint density at radius 3 is 2.67 bits per heavy atom. The van der Waals surface area contributed by atoms with Crippen molar-refractivity contribution in [1.82, 2.24) is 10.2 Å². The molecule has 3 rings (SSSR count). The molecule has 0 bridgehead atoms. The molecule has 108 valence electrons. The van der Waals surface area contributed by atoms with Gasteiger partial charge in [-0.25, -0.2) is 0 Å². The lowest BCUT2D eigenvalue weighted by Gasteiger charge is -2.18. The van der Waals surface area contributed by atoms with Crippen LogP contribution >= 0.6 is 22.9 Å². The van der Waals surface area contributed by atoms with Crippen LogP contribution in [0.3, 0.4) is 0 Å². The Bertz CT molecular complexity index is 727. The van der Waals surface area contributed by atoms with Gasteiger partial charge in [-0.15, -0.1) is 21.5 Å². The van der Waals surface area contributed by atoms with E-state index >= 15 is 0 Å². The molecule has 3 nitrogen and oxygen atoms in total. The van der Waals surface area contributed by atoms with E-state index in [2.05, 4.69) is 40.0 Å². The number of thiophene rings is 1. The Hall–Kier alpha value is -1.65. The van der Waals surface area contributed by atoms with Crippen molar-refractivity contribution in [3.63, 3.8) is 0 Å². The Kier molecular flexibility index (Phi) is 4.36. The number of aromatic nitrogens is 2. The SMILES string of the molecule is CCCC(Nc1nnc(Cl)c2ccccc12)c1cccs1. The fraction of sp³-hybridized carbons (Fsp3) is 0.250. The lowest BCUT2D eigenvalue weighted by atomic mass is 10.1. The molecule has 3 aromatic rings. The maximum atomic E-state index is 6.13. The van der Waals surface area contributed by atoms with E-state index in [-0.39, 0.29) is 6.04 Å². The first-order chi connectivity index (χ1) is 10.3. The van der Waals surface area contributed by atoms with Crippen molar-refractivity contribution in [2.75, 3.05) is 5.32 Å². The fourth-order valence-electron chi connectivity index (χ4n) is 2.41. The first kappa shape index (κ1) is 14.3. The van der Waals surface area contributed by atoms with Crippen molar-refractivity contribution in [2.24, 2.45) is 0 Å². The summed E-state index contributed by atoms with van der Waals surface area (Å²) in [6.07, 6.45) is 2.16. The first-order valence-electron chi connectivity index (χ1n) is 7.00. The number of hydrogen-bond donors (Lipinski definition) is 1. The zero-order valence-corrected chi connectivity index (χ0v) is 13.3. The maximum Gasteiger partial charge on any atom is 0.159 e. The number of nitrogens with one attached hydrogen (secondary N) is 1. The van der Waals surface area contributed by atoms with Gasteiger partial charge in [-0.3, -0.25) is 0 Å². The van der Waals surface area contributed by atoms with E-state index in [0.717, 1.165) is 29.4 Å². The number of fused-ring (bicyclic) bond motifs is 1. The molecular formula is C16H16ClN3S. The topological polar surface area (TPSA) is 37.8 Å². The van der Waals surface area contributed by atoms with Gasteiger partial charge >= 0.3 is 0 Å². The zero-order valence-electron chi connectivity index (χ0n) is 11.7. The quantitative estimate of drug-likeness (QED) is 0.694. The van der Waals surface area contributed by atoms with Crippen molar-refractivity contribution in [1.29, 1.82) is 0 Å². The summed E-state index contributed by atoms with van der Waals surface area (Å²) >= 11 is 7.89. The van der Waals surface area contributed by atoms with Crippen LogP contribution in [-0.4, -0.2) is 10.2 Å². The van der Waals surface area contributed by atoms with Crippen LogP contribution in [0.1, 0.15) is 30.7 Å².